The average molecular weight is 731 g/mol. The van der Waals surface area contributed by atoms with Crippen LogP contribution in [0, 0.1) is 0 Å². The standard InChI is InChI=1S/C11H38O14Si12/c1-26(2)12-34-18-30-16-32(10)19-31(9)20-33(11,17-30)37(23-34,15-29(7)8)25-35(21-31,13-27(3)4)24-36(32,22-34)14-28(5)6/h26-30H,1-11H3. The number of fused-ring (bicyclic) bond motifs is 6. The third-order valence-electron chi connectivity index (χ3n) is 5.65. The van der Waals surface area contributed by atoms with Crippen molar-refractivity contribution in [2.24, 2.45) is 0 Å². The van der Waals surface area contributed by atoms with Crippen molar-refractivity contribution in [3.8, 4) is 0 Å². The summed E-state index contributed by atoms with van der Waals surface area (Å²) in [7, 11) is -37.2. The lowest BCUT2D eigenvalue weighted by molar-refractivity contribution is 0.0373. The van der Waals surface area contributed by atoms with Gasteiger partial charge in [0.1, 0.15) is 0 Å². The highest BCUT2D eigenvalue weighted by atomic mass is 29.3. The van der Waals surface area contributed by atoms with Gasteiger partial charge >= 0.3 is 69.2 Å². The van der Waals surface area contributed by atoms with Gasteiger partial charge in [0.2, 0.25) is 0 Å². The molecule has 0 aromatic rings. The van der Waals surface area contributed by atoms with Gasteiger partial charge in [0.25, 0.3) is 0 Å². The van der Waals surface area contributed by atoms with Crippen molar-refractivity contribution in [2.45, 2.75) is 72.0 Å². The van der Waals surface area contributed by atoms with Gasteiger partial charge in [0.15, 0.2) is 36.2 Å². The molecule has 37 heavy (non-hydrogen) atoms. The summed E-state index contributed by atoms with van der Waals surface area (Å²) in [5.74, 6) is 0. The molecule has 0 radical (unpaired) electrons. The molecule has 4 bridgehead atoms. The molecule has 0 saturated carbocycles. The summed E-state index contributed by atoms with van der Waals surface area (Å²) in [5.41, 5.74) is 0. The second-order valence-electron chi connectivity index (χ2n) is 10.9. The molecule has 0 aromatic carbocycles. The fourth-order valence-corrected chi connectivity index (χ4v) is 82.6. The fourth-order valence-electron chi connectivity index (χ4n) is 4.73. The second kappa shape index (κ2) is 9.78. The molecule has 4 aliphatic rings. The van der Waals surface area contributed by atoms with Crippen molar-refractivity contribution in [2.75, 3.05) is 0 Å². The van der Waals surface area contributed by atoms with E-state index in [2.05, 4.69) is 0 Å². The maximum absolute atomic E-state index is 7.01. The second-order valence-corrected chi connectivity index (χ2v) is 51.0. The van der Waals surface area contributed by atoms with E-state index in [0.717, 1.165) is 0 Å². The van der Waals surface area contributed by atoms with E-state index in [1.54, 1.807) is 0 Å². The van der Waals surface area contributed by atoms with Crippen molar-refractivity contribution in [1.82, 2.24) is 0 Å². The first-order chi connectivity index (χ1) is 16.9. The Morgan fingerprint density at radius 3 is 1.24 bits per heavy atom. The van der Waals surface area contributed by atoms with Crippen LogP contribution in [0.2, 0.25) is 72.0 Å². The summed E-state index contributed by atoms with van der Waals surface area (Å²) in [6.45, 7) is 21.8. The first-order valence-corrected chi connectivity index (χ1v) is 40.7. The largest absolute Gasteiger partial charge is 0.646 e. The van der Waals surface area contributed by atoms with E-state index in [-0.39, 0.29) is 0 Å². The van der Waals surface area contributed by atoms with E-state index in [9.17, 15) is 0 Å². The zero-order valence-corrected chi connectivity index (χ0v) is 35.9. The van der Waals surface area contributed by atoms with Gasteiger partial charge in [-0.25, -0.2) is 0 Å². The summed E-state index contributed by atoms with van der Waals surface area (Å²) >= 11 is 0. The van der Waals surface area contributed by atoms with Gasteiger partial charge in [-0.2, -0.15) is 0 Å². The molecule has 0 aliphatic carbocycles. The van der Waals surface area contributed by atoms with Crippen molar-refractivity contribution >= 4 is 105 Å². The quantitative estimate of drug-likeness (QED) is 0.299. The van der Waals surface area contributed by atoms with Crippen LogP contribution in [0.25, 0.3) is 0 Å². The van der Waals surface area contributed by atoms with Crippen molar-refractivity contribution in [3.05, 3.63) is 0 Å². The molecule has 4 unspecified atom stereocenters. The lowest BCUT2D eigenvalue weighted by atomic mass is 11.9. The van der Waals surface area contributed by atoms with E-state index in [1.165, 1.54) is 0 Å². The molecule has 4 fully saturated rings. The molecule has 4 rings (SSSR count). The van der Waals surface area contributed by atoms with E-state index >= 15 is 0 Å². The number of rotatable bonds is 8. The highest BCUT2D eigenvalue weighted by Gasteiger charge is 2.91. The summed E-state index contributed by atoms with van der Waals surface area (Å²) in [4.78, 5) is 0. The molecule has 0 aromatic heterocycles. The van der Waals surface area contributed by atoms with Crippen molar-refractivity contribution in [1.29, 1.82) is 0 Å². The predicted octanol–water partition coefficient (Wildman–Crippen LogP) is -0.444. The average Bonchev–Trinajstić information content (AvgIpc) is 2.82. The molecular formula is C11H38O14Si12. The molecule has 0 N–H and O–H groups in total. The Balaban J connectivity index is 1.85. The maximum atomic E-state index is 7.01. The summed E-state index contributed by atoms with van der Waals surface area (Å²) < 4.78 is 95.2. The van der Waals surface area contributed by atoms with Crippen LogP contribution < -0.4 is 0 Å². The Bertz CT molecular complexity index is 870. The van der Waals surface area contributed by atoms with Gasteiger partial charge in [0.05, 0.1) is 0 Å². The summed E-state index contributed by atoms with van der Waals surface area (Å²) in [6, 6.07) is 0. The van der Waals surface area contributed by atoms with Crippen LogP contribution in [-0.4, -0.2) is 105 Å². The van der Waals surface area contributed by atoms with Crippen LogP contribution in [0.15, 0.2) is 0 Å². The van der Waals surface area contributed by atoms with Gasteiger partial charge in [0, 0.05) is 6.55 Å². The minimum Gasteiger partial charge on any atom is -0.419 e. The Morgan fingerprint density at radius 2 is 0.838 bits per heavy atom. The number of hydrogen-bond acceptors (Lipinski definition) is 14. The predicted molar refractivity (Wildman–Crippen MR) is 156 cm³/mol. The van der Waals surface area contributed by atoms with E-state index in [0.29, 0.717) is 0 Å². The summed E-state index contributed by atoms with van der Waals surface area (Å²) in [6.07, 6.45) is 0. The molecule has 4 heterocycles. The lowest BCUT2D eigenvalue weighted by Crippen LogP contribution is -2.85. The normalized spacial score (nSPS) is 50.8. The molecule has 0 spiro atoms. The molecule has 4 aliphatic heterocycles. The third kappa shape index (κ3) is 5.25. The maximum Gasteiger partial charge on any atom is 0.646 e. The van der Waals surface area contributed by atoms with Crippen LogP contribution in [0.4, 0.5) is 0 Å². The van der Waals surface area contributed by atoms with Gasteiger partial charge in [-0.05, 0) is 65.5 Å². The zero-order valence-electron chi connectivity index (χ0n) is 23.1. The summed E-state index contributed by atoms with van der Waals surface area (Å²) in [5, 5.41) is 0. The van der Waals surface area contributed by atoms with E-state index in [1.807, 2.05) is 72.0 Å². The van der Waals surface area contributed by atoms with Crippen molar-refractivity contribution < 1.29 is 57.6 Å². The number of hydrogen-bond donors (Lipinski definition) is 0. The molecule has 4 atom stereocenters. The smallest absolute Gasteiger partial charge is 0.419 e. The van der Waals surface area contributed by atoms with Gasteiger partial charge in [-0.3, -0.25) is 0 Å². The van der Waals surface area contributed by atoms with E-state index < -0.39 is 105 Å². The zero-order chi connectivity index (χ0) is 27.3. The van der Waals surface area contributed by atoms with Gasteiger partial charge in [-0.1, -0.05) is 0 Å². The molecule has 0 amide bonds. The first-order valence-electron chi connectivity index (χ1n) is 12.6. The topological polar surface area (TPSA) is 129 Å². The van der Waals surface area contributed by atoms with E-state index in [4.69, 9.17) is 57.6 Å². The Labute approximate surface area is 234 Å². The Hall–Kier alpha value is 2.04. The fraction of sp³-hybridized carbons (Fsp3) is 1.00. The van der Waals surface area contributed by atoms with Crippen LogP contribution in [0.3, 0.4) is 0 Å². The highest BCUT2D eigenvalue weighted by molar-refractivity contribution is 7.40. The van der Waals surface area contributed by atoms with Gasteiger partial charge in [-0.15, -0.1) is 0 Å². The minimum absolute atomic E-state index is 1.81. The SMILES string of the molecule is C[SiH](C)O[Si]12O[SiH]3O[Si]4(C)O[Si]5(C)O[Si](O[SiH](C)C)(O[Si]4(O[SiH](C)C)O1)O[Si](O[SiH](C)C)(O2)[Si](C)(O3)O5. The monoisotopic (exact) mass is 730 g/mol. The van der Waals surface area contributed by atoms with Crippen LogP contribution in [-0.2, 0) is 57.6 Å². The minimum atomic E-state index is -4.10. The third-order valence-corrected chi connectivity index (χ3v) is 60.6. The molecular weight excluding hydrogens is 693 g/mol. The van der Waals surface area contributed by atoms with Crippen molar-refractivity contribution in [3.63, 3.8) is 0 Å². The molecule has 214 valence electrons. The van der Waals surface area contributed by atoms with Crippen LogP contribution in [0.1, 0.15) is 0 Å². The Morgan fingerprint density at radius 1 is 0.459 bits per heavy atom. The lowest BCUT2D eigenvalue weighted by Gasteiger charge is -2.51. The van der Waals surface area contributed by atoms with Crippen LogP contribution in [0.5, 0.6) is 0 Å². The molecule has 14 nitrogen and oxygen atoms in total. The van der Waals surface area contributed by atoms with Gasteiger partial charge < -0.3 is 57.6 Å². The Kier molecular flexibility index (Phi) is 8.06. The molecule has 4 saturated heterocycles. The first kappa shape index (κ1) is 30.5. The molecule has 26 heteroatoms. The van der Waals surface area contributed by atoms with Crippen LogP contribution >= 0.6 is 0 Å². The highest BCUT2D eigenvalue weighted by Crippen LogP contribution is 2.52.